The molecule has 1 aliphatic carbocycles. The third kappa shape index (κ3) is 6.83. The Bertz CT molecular complexity index is 261. The lowest BCUT2D eigenvalue weighted by molar-refractivity contribution is 0.0278. The van der Waals surface area contributed by atoms with Crippen molar-refractivity contribution in [3.63, 3.8) is 0 Å². The Morgan fingerprint density at radius 3 is 2.53 bits per heavy atom. The zero-order valence-corrected chi connectivity index (χ0v) is 9.76. The number of nitrogens with one attached hydrogen (secondary N) is 1. The number of ether oxygens (including phenoxy) is 1. The van der Waals surface area contributed by atoms with Crippen LogP contribution in [0, 0.1) is 0 Å². The van der Waals surface area contributed by atoms with Gasteiger partial charge in [0.05, 0.1) is 6.10 Å². The molecule has 5 nitrogen and oxygen atoms in total. The molecule has 0 atom stereocenters. The van der Waals surface area contributed by atoms with Gasteiger partial charge in [-0.3, -0.25) is 0 Å². The predicted molar refractivity (Wildman–Crippen MR) is 58.6 cm³/mol. The van der Waals surface area contributed by atoms with Crippen LogP contribution in [0.5, 0.6) is 0 Å². The van der Waals surface area contributed by atoms with Crippen LogP contribution in [0.4, 0.5) is 0 Å². The second-order valence-corrected chi connectivity index (χ2v) is 5.30. The van der Waals surface area contributed by atoms with E-state index in [4.69, 9.17) is 9.88 Å². The second-order valence-electron chi connectivity index (χ2n) is 3.92. The van der Waals surface area contributed by atoms with Gasteiger partial charge in [-0.1, -0.05) is 19.3 Å². The molecule has 0 saturated heterocycles. The first-order valence-electron chi connectivity index (χ1n) is 5.47. The van der Waals surface area contributed by atoms with Gasteiger partial charge in [0, 0.05) is 13.2 Å². The average molecular weight is 236 g/mol. The zero-order chi connectivity index (χ0) is 11.1. The molecule has 1 aliphatic rings. The topological polar surface area (TPSA) is 81.4 Å². The lowest BCUT2D eigenvalue weighted by Gasteiger charge is -2.21. The molecule has 0 amide bonds. The smallest absolute Gasteiger partial charge is 0.274 e. The van der Waals surface area contributed by atoms with Crippen molar-refractivity contribution in [1.82, 2.24) is 4.72 Å². The molecular weight excluding hydrogens is 216 g/mol. The Labute approximate surface area is 91.6 Å². The average Bonchev–Trinajstić information content (AvgIpc) is 2.17. The quantitative estimate of drug-likeness (QED) is 0.660. The first-order chi connectivity index (χ1) is 7.08. The summed E-state index contributed by atoms with van der Waals surface area (Å²) in [5.74, 6) is 0. The summed E-state index contributed by atoms with van der Waals surface area (Å²) >= 11 is 0. The van der Waals surface area contributed by atoms with Crippen LogP contribution in [-0.4, -0.2) is 27.7 Å². The molecule has 3 N–H and O–H groups in total. The van der Waals surface area contributed by atoms with Gasteiger partial charge in [0.15, 0.2) is 0 Å². The summed E-state index contributed by atoms with van der Waals surface area (Å²) in [6.45, 7) is 0.957. The van der Waals surface area contributed by atoms with Crippen molar-refractivity contribution in [3.05, 3.63) is 0 Å². The van der Waals surface area contributed by atoms with Crippen molar-refractivity contribution in [2.45, 2.75) is 44.6 Å². The van der Waals surface area contributed by atoms with Crippen LogP contribution < -0.4 is 9.86 Å². The van der Waals surface area contributed by atoms with Crippen LogP contribution in [0.1, 0.15) is 38.5 Å². The lowest BCUT2D eigenvalue weighted by Crippen LogP contribution is -2.32. The summed E-state index contributed by atoms with van der Waals surface area (Å²) in [6.07, 6.45) is 7.15. The number of rotatable bonds is 6. The van der Waals surface area contributed by atoms with Crippen LogP contribution in [0.25, 0.3) is 0 Å². The Morgan fingerprint density at radius 1 is 1.27 bits per heavy atom. The molecule has 0 heterocycles. The van der Waals surface area contributed by atoms with E-state index in [1.54, 1.807) is 0 Å². The molecule has 0 aliphatic heterocycles. The normalized spacial score (nSPS) is 19.3. The molecule has 6 heteroatoms. The lowest BCUT2D eigenvalue weighted by atomic mass is 9.98. The van der Waals surface area contributed by atoms with E-state index >= 15 is 0 Å². The summed E-state index contributed by atoms with van der Waals surface area (Å²) in [7, 11) is -3.54. The molecule has 0 aromatic heterocycles. The van der Waals surface area contributed by atoms with Crippen LogP contribution in [0.15, 0.2) is 0 Å². The molecule has 1 rings (SSSR count). The molecule has 1 fully saturated rings. The zero-order valence-electron chi connectivity index (χ0n) is 8.94. The largest absolute Gasteiger partial charge is 0.378 e. The maximum Gasteiger partial charge on any atom is 0.274 e. The highest BCUT2D eigenvalue weighted by Crippen LogP contribution is 2.20. The highest BCUT2D eigenvalue weighted by atomic mass is 32.2. The monoisotopic (exact) mass is 236 g/mol. The Morgan fingerprint density at radius 2 is 1.93 bits per heavy atom. The Balaban J connectivity index is 1.96. The SMILES string of the molecule is NS(=O)(=O)NCCCOC1CCCCC1. The Kier molecular flexibility index (Phi) is 5.52. The van der Waals surface area contributed by atoms with Gasteiger partial charge in [0.1, 0.15) is 0 Å². The van der Waals surface area contributed by atoms with E-state index in [0.29, 0.717) is 25.7 Å². The fraction of sp³-hybridized carbons (Fsp3) is 1.00. The van der Waals surface area contributed by atoms with Crippen LogP contribution in [0.3, 0.4) is 0 Å². The molecule has 1 saturated carbocycles. The first-order valence-corrected chi connectivity index (χ1v) is 7.01. The van der Waals surface area contributed by atoms with Crippen molar-refractivity contribution in [3.8, 4) is 0 Å². The number of nitrogens with two attached hydrogens (primary N) is 1. The summed E-state index contributed by atoms with van der Waals surface area (Å²) in [5.41, 5.74) is 0. The summed E-state index contributed by atoms with van der Waals surface area (Å²) in [5, 5.41) is 4.78. The molecule has 0 spiro atoms. The minimum absolute atomic E-state index is 0.353. The molecule has 0 radical (unpaired) electrons. The Hall–Kier alpha value is -0.170. The van der Waals surface area contributed by atoms with E-state index < -0.39 is 10.2 Å². The van der Waals surface area contributed by atoms with Gasteiger partial charge in [0.2, 0.25) is 0 Å². The van der Waals surface area contributed by atoms with E-state index in [-0.39, 0.29) is 0 Å². The maximum atomic E-state index is 10.5. The van der Waals surface area contributed by atoms with Crippen LogP contribution in [0.2, 0.25) is 0 Å². The van der Waals surface area contributed by atoms with Gasteiger partial charge in [-0.25, -0.2) is 9.86 Å². The molecule has 90 valence electrons. The third-order valence-corrected chi connectivity index (χ3v) is 3.14. The van der Waals surface area contributed by atoms with E-state index in [1.807, 2.05) is 0 Å². The molecule has 0 bridgehead atoms. The third-order valence-electron chi connectivity index (χ3n) is 2.53. The summed E-state index contributed by atoms with van der Waals surface area (Å²) in [6, 6.07) is 0. The fourth-order valence-corrected chi connectivity index (χ4v) is 2.20. The van der Waals surface area contributed by atoms with Crippen molar-refractivity contribution >= 4 is 10.2 Å². The van der Waals surface area contributed by atoms with E-state index in [0.717, 1.165) is 12.8 Å². The standard InChI is InChI=1S/C9H20N2O3S/c10-15(12,13)11-7-4-8-14-9-5-2-1-3-6-9/h9,11H,1-8H2,(H2,10,12,13). The van der Waals surface area contributed by atoms with Crippen molar-refractivity contribution in [1.29, 1.82) is 0 Å². The van der Waals surface area contributed by atoms with Crippen molar-refractivity contribution in [2.75, 3.05) is 13.2 Å². The van der Waals surface area contributed by atoms with Gasteiger partial charge in [-0.15, -0.1) is 0 Å². The van der Waals surface area contributed by atoms with Crippen molar-refractivity contribution < 1.29 is 13.2 Å². The van der Waals surface area contributed by atoms with Gasteiger partial charge in [-0.05, 0) is 19.3 Å². The highest BCUT2D eigenvalue weighted by molar-refractivity contribution is 7.87. The number of hydrogen-bond acceptors (Lipinski definition) is 3. The molecule has 0 aromatic rings. The van der Waals surface area contributed by atoms with E-state index in [2.05, 4.69) is 4.72 Å². The highest BCUT2D eigenvalue weighted by Gasteiger charge is 2.12. The summed E-state index contributed by atoms with van der Waals surface area (Å²) < 4.78 is 28.9. The first kappa shape index (κ1) is 12.9. The van der Waals surface area contributed by atoms with Crippen molar-refractivity contribution in [2.24, 2.45) is 5.14 Å². The molecule has 15 heavy (non-hydrogen) atoms. The molecule has 0 unspecified atom stereocenters. The van der Waals surface area contributed by atoms with E-state index in [9.17, 15) is 8.42 Å². The predicted octanol–water partition coefficient (Wildman–Crippen LogP) is 0.519. The van der Waals surface area contributed by atoms with Crippen LogP contribution >= 0.6 is 0 Å². The fourth-order valence-electron chi connectivity index (χ4n) is 1.77. The minimum atomic E-state index is -3.54. The summed E-state index contributed by atoms with van der Waals surface area (Å²) in [4.78, 5) is 0. The minimum Gasteiger partial charge on any atom is -0.378 e. The molecule has 0 aromatic carbocycles. The van der Waals surface area contributed by atoms with Gasteiger partial charge >= 0.3 is 0 Å². The molecular formula is C9H20N2O3S. The van der Waals surface area contributed by atoms with Gasteiger partial charge in [0.25, 0.3) is 10.2 Å². The number of hydrogen-bond donors (Lipinski definition) is 2. The van der Waals surface area contributed by atoms with E-state index in [1.165, 1.54) is 19.3 Å². The maximum absolute atomic E-state index is 10.5. The second kappa shape index (κ2) is 6.42. The van der Waals surface area contributed by atoms with Gasteiger partial charge < -0.3 is 4.74 Å². The van der Waals surface area contributed by atoms with Gasteiger partial charge in [-0.2, -0.15) is 8.42 Å². The van der Waals surface area contributed by atoms with Crippen LogP contribution in [-0.2, 0) is 14.9 Å².